The van der Waals surface area contributed by atoms with E-state index in [4.69, 9.17) is 29.0 Å². The molecule has 0 aliphatic heterocycles. The largest absolute Gasteiger partial charge is 1.00 e. The summed E-state index contributed by atoms with van der Waals surface area (Å²) < 4.78 is 24.0. The van der Waals surface area contributed by atoms with E-state index in [0.29, 0.717) is 0 Å². The molecule has 3 N–H and O–H groups in total. The standard InChI is InChI=1S/BH2O3.ClHO3.Na/c2*2-1(3)4;/h2-3H;2H;/q-1;;+1. The molecule has 6 nitrogen and oxygen atoms in total. The van der Waals surface area contributed by atoms with Crippen LogP contribution in [-0.2, 0) is 0 Å². The van der Waals surface area contributed by atoms with E-state index < -0.39 is 18.1 Å². The summed E-state index contributed by atoms with van der Waals surface area (Å²) in [6.07, 6.45) is 0. The number of rotatable bonds is 0. The molecule has 0 aromatic heterocycles. The van der Waals surface area contributed by atoms with Crippen LogP contribution in [0.15, 0.2) is 0 Å². The first-order valence-electron chi connectivity index (χ1n) is 1.23. The smallest absolute Gasteiger partial charge is 0.832 e. The normalized spacial score (nSPS) is 7.00. The predicted octanol–water partition coefficient (Wildman–Crippen LogP) is -8.61. The Balaban J connectivity index is -0.0000000720. The van der Waals surface area contributed by atoms with Gasteiger partial charge in [0.25, 0.3) is 10.8 Å². The van der Waals surface area contributed by atoms with Crippen LogP contribution >= 0.6 is 0 Å². The summed E-state index contributed by atoms with van der Waals surface area (Å²) in [6.45, 7) is 0. The molecule has 0 radical (unpaired) electrons. The average molecular weight is 168 g/mol. The summed E-state index contributed by atoms with van der Waals surface area (Å²) in [6, 6.07) is 0. The van der Waals surface area contributed by atoms with Gasteiger partial charge in [0.05, 0.1) is 0 Å². The Morgan fingerprint density at radius 1 is 1.22 bits per heavy atom. The van der Waals surface area contributed by atoms with Crippen LogP contribution in [0.3, 0.4) is 0 Å². The van der Waals surface area contributed by atoms with Crippen molar-refractivity contribution in [3.05, 3.63) is 0 Å². The van der Waals surface area contributed by atoms with E-state index in [9.17, 15) is 0 Å². The van der Waals surface area contributed by atoms with E-state index in [2.05, 4.69) is 0 Å². The van der Waals surface area contributed by atoms with Gasteiger partial charge in [-0.1, -0.05) is 0 Å². The summed E-state index contributed by atoms with van der Waals surface area (Å²) in [4.78, 5) is 0. The van der Waals surface area contributed by atoms with Crippen molar-refractivity contribution in [1.82, 2.24) is 0 Å². The van der Waals surface area contributed by atoms with Crippen molar-refractivity contribution in [2.45, 2.75) is 0 Å². The maximum Gasteiger partial charge on any atom is 1.00 e. The zero-order valence-corrected chi connectivity index (χ0v) is 7.28. The van der Waals surface area contributed by atoms with Crippen LogP contribution in [0, 0.1) is 10.8 Å². The summed E-state index contributed by atoms with van der Waals surface area (Å²) in [5.41, 5.74) is 0. The molecule has 9 heavy (non-hydrogen) atoms. The van der Waals surface area contributed by atoms with Gasteiger partial charge in [0.2, 0.25) is 0 Å². The van der Waals surface area contributed by atoms with Crippen molar-refractivity contribution in [3.8, 4) is 0 Å². The first-order chi connectivity index (χ1) is 3.46. The Bertz CT molecular complexity index is 28.5. The molecule has 0 bridgehead atoms. The molecule has 0 aliphatic carbocycles. The zero-order chi connectivity index (χ0) is 7.15. The minimum atomic E-state index is -2.60. The molecule has 0 saturated heterocycles. The monoisotopic (exact) mass is 168 g/mol. The number of halogens is 1. The van der Waals surface area contributed by atoms with Gasteiger partial charge in [-0.3, -0.25) is 0 Å². The minimum Gasteiger partial charge on any atom is -0.832 e. The maximum absolute atomic E-state index is 8.64. The quantitative estimate of drug-likeness (QED) is 0.308. The zero-order valence-electron chi connectivity index (χ0n) is 4.52. The summed E-state index contributed by atoms with van der Waals surface area (Å²) in [7, 11) is -5.02. The molecule has 0 rings (SSSR count). The van der Waals surface area contributed by atoms with E-state index in [-0.39, 0.29) is 29.6 Å². The van der Waals surface area contributed by atoms with Crippen LogP contribution in [0.2, 0.25) is 0 Å². The molecule has 0 fully saturated rings. The van der Waals surface area contributed by atoms with Gasteiger partial charge < -0.3 is 24.4 Å². The molecule has 0 saturated carbocycles. The molecular weight excluding hydrogens is 165 g/mol. The minimum absolute atomic E-state index is 0. The molecule has 0 aromatic carbocycles. The first-order valence-corrected chi connectivity index (χ1v) is 2.19. The summed E-state index contributed by atoms with van der Waals surface area (Å²) in [5.74, 6) is 0. The third-order valence-corrected chi connectivity index (χ3v) is 0. The van der Waals surface area contributed by atoms with Crippen molar-refractivity contribution >= 4 is 7.32 Å². The molecule has 0 aliphatic rings. The van der Waals surface area contributed by atoms with Crippen LogP contribution in [0.5, 0.6) is 0 Å². The second-order valence-electron chi connectivity index (χ2n) is 0.527. The van der Waals surface area contributed by atoms with Crippen molar-refractivity contribution in [1.29, 1.82) is 0 Å². The van der Waals surface area contributed by atoms with Crippen molar-refractivity contribution in [2.24, 2.45) is 0 Å². The van der Waals surface area contributed by atoms with Crippen LogP contribution < -0.4 is 43.9 Å². The summed E-state index contributed by atoms with van der Waals surface area (Å²) in [5, 5.41) is 22.8. The second kappa shape index (κ2) is 11.9. The molecule has 50 valence electrons. The van der Waals surface area contributed by atoms with Crippen LogP contribution in [0.25, 0.3) is 0 Å². The Morgan fingerprint density at radius 2 is 1.22 bits per heavy atom. The van der Waals surface area contributed by atoms with Gasteiger partial charge in [0.1, 0.15) is 0 Å². The molecule has 0 unspecified atom stereocenters. The van der Waals surface area contributed by atoms with E-state index in [1.165, 1.54) is 0 Å². The Morgan fingerprint density at radius 3 is 1.22 bits per heavy atom. The predicted molar refractivity (Wildman–Crippen MR) is 12.4 cm³/mol. The fraction of sp³-hybridized carbons (Fsp3) is 0. The first kappa shape index (κ1) is 16.6. The molecular formula is H3BClNaO6. The van der Waals surface area contributed by atoms with Gasteiger partial charge >= 0.3 is 36.9 Å². The van der Waals surface area contributed by atoms with E-state index in [1.54, 1.807) is 0 Å². The molecule has 9 heteroatoms. The van der Waals surface area contributed by atoms with E-state index in [1.807, 2.05) is 0 Å². The number of hydrogen-bond acceptors (Lipinski definition) is 6. The topological polar surface area (TPSA) is 130 Å². The molecule has 0 spiro atoms. The molecule has 0 heterocycles. The van der Waals surface area contributed by atoms with Gasteiger partial charge in [-0.25, -0.2) is 0 Å². The van der Waals surface area contributed by atoms with Gasteiger partial charge in [0.15, 0.2) is 0 Å². The van der Waals surface area contributed by atoms with Crippen molar-refractivity contribution < 1.29 is 69.4 Å². The fourth-order valence-corrected chi connectivity index (χ4v) is 0. The summed E-state index contributed by atoms with van der Waals surface area (Å²) >= 11 is 0. The van der Waals surface area contributed by atoms with E-state index in [0.717, 1.165) is 0 Å². The van der Waals surface area contributed by atoms with Crippen LogP contribution in [0.1, 0.15) is 0 Å². The average Bonchev–Trinajstić information content (AvgIpc) is 1.25. The Labute approximate surface area is 76.6 Å². The SMILES string of the molecule is [Na+].[O-]B(O)O.[O-][Cl+2]([O-])O. The third-order valence-electron chi connectivity index (χ3n) is 0. The van der Waals surface area contributed by atoms with Gasteiger partial charge in [-0.2, -0.15) is 0 Å². The van der Waals surface area contributed by atoms with E-state index >= 15 is 0 Å². The van der Waals surface area contributed by atoms with Crippen molar-refractivity contribution in [2.75, 3.05) is 0 Å². The second-order valence-corrected chi connectivity index (χ2v) is 0.929. The molecule has 0 amide bonds. The maximum atomic E-state index is 8.64. The van der Waals surface area contributed by atoms with Gasteiger partial charge in [-0.15, -0.1) is 0 Å². The number of hydrogen-bond donors (Lipinski definition) is 3. The fourth-order valence-electron chi connectivity index (χ4n) is 0. The van der Waals surface area contributed by atoms with Crippen LogP contribution in [-0.4, -0.2) is 22.0 Å². The van der Waals surface area contributed by atoms with Crippen LogP contribution in [0.4, 0.5) is 0 Å². The molecule has 0 aromatic rings. The van der Waals surface area contributed by atoms with Gasteiger partial charge in [0, 0.05) is 4.66 Å². The Kier molecular flexibility index (Phi) is 21.9. The van der Waals surface area contributed by atoms with Crippen molar-refractivity contribution in [3.63, 3.8) is 0 Å². The Hall–Kier alpha value is 1.11. The van der Waals surface area contributed by atoms with Gasteiger partial charge in [-0.05, 0) is 0 Å². The molecule has 0 atom stereocenters. The third kappa shape index (κ3) is 371.